The maximum Gasteiger partial charge on any atom is 0.0584 e. The maximum atomic E-state index is 9.14. The number of hydrogen-bond donors (Lipinski definition) is 2. The van der Waals surface area contributed by atoms with E-state index in [9.17, 15) is 0 Å². The van der Waals surface area contributed by atoms with Crippen LogP contribution >= 0.6 is 0 Å². The predicted octanol–water partition coefficient (Wildman–Crippen LogP) is 2.17. The predicted molar refractivity (Wildman–Crippen MR) is 60.3 cm³/mol. The molecule has 0 bridgehead atoms. The topological polar surface area (TPSA) is 32.3 Å². The van der Waals surface area contributed by atoms with Crippen LogP contribution in [0.25, 0.3) is 0 Å². The molecule has 2 heteroatoms. The van der Waals surface area contributed by atoms with E-state index in [-0.39, 0.29) is 12.6 Å². The molecule has 1 saturated carbocycles. The summed E-state index contributed by atoms with van der Waals surface area (Å²) in [4.78, 5) is 0. The van der Waals surface area contributed by atoms with Gasteiger partial charge in [0.15, 0.2) is 0 Å². The number of rotatable bonds is 4. The summed E-state index contributed by atoms with van der Waals surface area (Å²) in [6.45, 7) is 9.38. The van der Waals surface area contributed by atoms with Crippen LogP contribution in [0.3, 0.4) is 0 Å². The molecule has 0 aromatic rings. The number of nitrogens with one attached hydrogen (secondary N) is 1. The van der Waals surface area contributed by atoms with E-state index in [2.05, 4.69) is 33.0 Å². The van der Waals surface area contributed by atoms with Gasteiger partial charge in [-0.2, -0.15) is 0 Å². The van der Waals surface area contributed by atoms with Crippen LogP contribution in [0.15, 0.2) is 0 Å². The molecule has 14 heavy (non-hydrogen) atoms. The molecular weight excluding hydrogens is 174 g/mol. The van der Waals surface area contributed by atoms with Gasteiger partial charge in [0.05, 0.1) is 6.61 Å². The molecule has 0 aromatic heterocycles. The molecule has 2 N–H and O–H groups in total. The summed E-state index contributed by atoms with van der Waals surface area (Å²) in [6, 6.07) is 0.887. The number of hydrogen-bond acceptors (Lipinski definition) is 2. The summed E-state index contributed by atoms with van der Waals surface area (Å²) >= 11 is 0. The minimum Gasteiger partial charge on any atom is -0.395 e. The average Bonchev–Trinajstić information content (AvgIpc) is 2.35. The van der Waals surface area contributed by atoms with Gasteiger partial charge in [-0.1, -0.05) is 27.7 Å². The van der Waals surface area contributed by atoms with Crippen molar-refractivity contribution in [3.8, 4) is 0 Å². The Labute approximate surface area is 88.1 Å². The molecule has 1 fully saturated rings. The fourth-order valence-electron chi connectivity index (χ4n) is 2.72. The fraction of sp³-hybridized carbons (Fsp3) is 1.00. The maximum absolute atomic E-state index is 9.14. The van der Waals surface area contributed by atoms with Crippen LogP contribution in [0.1, 0.15) is 47.0 Å². The van der Waals surface area contributed by atoms with E-state index < -0.39 is 0 Å². The number of aliphatic hydroxyl groups excluding tert-OH is 1. The molecule has 0 heterocycles. The van der Waals surface area contributed by atoms with E-state index in [1.165, 1.54) is 12.8 Å². The van der Waals surface area contributed by atoms with Crippen molar-refractivity contribution in [2.45, 2.75) is 59.0 Å². The van der Waals surface area contributed by atoms with Crippen molar-refractivity contribution in [2.75, 3.05) is 6.61 Å². The molecular formula is C12H25NO. The second-order valence-corrected chi connectivity index (χ2v) is 5.61. The van der Waals surface area contributed by atoms with Gasteiger partial charge in [-0.25, -0.2) is 0 Å². The van der Waals surface area contributed by atoms with Crippen LogP contribution in [0.2, 0.25) is 0 Å². The molecule has 84 valence electrons. The van der Waals surface area contributed by atoms with Crippen LogP contribution < -0.4 is 5.32 Å². The SMILES string of the molecule is CC[C@@H](CO)NC1CC(C)(C)CC1C. The molecule has 0 amide bonds. The summed E-state index contributed by atoms with van der Waals surface area (Å²) in [5.41, 5.74) is 0.477. The van der Waals surface area contributed by atoms with Gasteiger partial charge in [-0.05, 0) is 30.6 Å². The van der Waals surface area contributed by atoms with Gasteiger partial charge in [0.2, 0.25) is 0 Å². The van der Waals surface area contributed by atoms with Crippen LogP contribution in [0, 0.1) is 11.3 Å². The zero-order chi connectivity index (χ0) is 10.8. The molecule has 0 aliphatic heterocycles. The molecule has 1 aliphatic rings. The third-order valence-electron chi connectivity index (χ3n) is 3.50. The second kappa shape index (κ2) is 4.63. The van der Waals surface area contributed by atoms with Crippen molar-refractivity contribution in [3.05, 3.63) is 0 Å². The van der Waals surface area contributed by atoms with Crippen molar-refractivity contribution in [1.82, 2.24) is 5.32 Å². The van der Waals surface area contributed by atoms with Gasteiger partial charge >= 0.3 is 0 Å². The molecule has 1 aliphatic carbocycles. The minimum absolute atomic E-state index is 0.264. The van der Waals surface area contributed by atoms with Crippen molar-refractivity contribution in [1.29, 1.82) is 0 Å². The first-order valence-corrected chi connectivity index (χ1v) is 5.85. The summed E-state index contributed by atoms with van der Waals surface area (Å²) in [5.74, 6) is 0.741. The van der Waals surface area contributed by atoms with Gasteiger partial charge in [0.1, 0.15) is 0 Å². The Kier molecular flexibility index (Phi) is 3.96. The lowest BCUT2D eigenvalue weighted by molar-refractivity contribution is 0.218. The Balaban J connectivity index is 2.45. The van der Waals surface area contributed by atoms with Crippen molar-refractivity contribution in [3.63, 3.8) is 0 Å². The Morgan fingerprint density at radius 1 is 1.43 bits per heavy atom. The lowest BCUT2D eigenvalue weighted by Gasteiger charge is -2.23. The summed E-state index contributed by atoms with van der Waals surface area (Å²) in [6.07, 6.45) is 3.55. The standard InChI is InChI=1S/C12H25NO/c1-5-10(8-14)13-11-7-12(3,4)6-9(11)2/h9-11,13-14H,5-8H2,1-4H3/t9?,10-,11?/m0/s1. The lowest BCUT2D eigenvalue weighted by Crippen LogP contribution is -2.41. The highest BCUT2D eigenvalue weighted by atomic mass is 16.3. The molecule has 0 spiro atoms. The van der Waals surface area contributed by atoms with Crippen LogP contribution in [0.5, 0.6) is 0 Å². The summed E-state index contributed by atoms with van der Waals surface area (Å²) < 4.78 is 0. The normalized spacial score (nSPS) is 33.2. The molecule has 0 saturated heterocycles. The van der Waals surface area contributed by atoms with Crippen molar-refractivity contribution in [2.24, 2.45) is 11.3 Å². The highest BCUT2D eigenvalue weighted by molar-refractivity contribution is 4.92. The van der Waals surface area contributed by atoms with E-state index in [0.717, 1.165) is 12.3 Å². The zero-order valence-electron chi connectivity index (χ0n) is 10.0. The van der Waals surface area contributed by atoms with Crippen molar-refractivity contribution >= 4 is 0 Å². The van der Waals surface area contributed by atoms with Gasteiger partial charge in [0, 0.05) is 12.1 Å². The van der Waals surface area contributed by atoms with Gasteiger partial charge in [-0.15, -0.1) is 0 Å². The molecule has 0 radical (unpaired) electrons. The van der Waals surface area contributed by atoms with Crippen LogP contribution in [-0.4, -0.2) is 23.8 Å². The highest BCUT2D eigenvalue weighted by Crippen LogP contribution is 2.40. The molecule has 3 atom stereocenters. The lowest BCUT2D eigenvalue weighted by atomic mass is 9.91. The highest BCUT2D eigenvalue weighted by Gasteiger charge is 2.36. The monoisotopic (exact) mass is 199 g/mol. The van der Waals surface area contributed by atoms with E-state index in [1.807, 2.05) is 0 Å². The Hall–Kier alpha value is -0.0800. The third-order valence-corrected chi connectivity index (χ3v) is 3.50. The minimum atomic E-state index is 0.264. The first-order chi connectivity index (χ1) is 6.48. The van der Waals surface area contributed by atoms with Crippen LogP contribution in [-0.2, 0) is 0 Å². The second-order valence-electron chi connectivity index (χ2n) is 5.61. The average molecular weight is 199 g/mol. The van der Waals surface area contributed by atoms with Gasteiger partial charge in [0.25, 0.3) is 0 Å². The quantitative estimate of drug-likeness (QED) is 0.727. The smallest absolute Gasteiger partial charge is 0.0584 e. The van der Waals surface area contributed by atoms with Crippen LogP contribution in [0.4, 0.5) is 0 Å². The summed E-state index contributed by atoms with van der Waals surface area (Å²) in [5, 5.41) is 12.7. The third kappa shape index (κ3) is 2.96. The first kappa shape index (κ1) is 12.0. The van der Waals surface area contributed by atoms with E-state index in [0.29, 0.717) is 11.5 Å². The molecule has 0 aromatic carbocycles. The molecule has 1 rings (SSSR count). The molecule has 2 nitrogen and oxygen atoms in total. The van der Waals surface area contributed by atoms with E-state index in [4.69, 9.17) is 5.11 Å². The zero-order valence-corrected chi connectivity index (χ0v) is 10.0. The van der Waals surface area contributed by atoms with Crippen molar-refractivity contribution < 1.29 is 5.11 Å². The molecule has 2 unspecified atom stereocenters. The largest absolute Gasteiger partial charge is 0.395 e. The number of aliphatic hydroxyl groups is 1. The Morgan fingerprint density at radius 3 is 2.43 bits per heavy atom. The Morgan fingerprint density at radius 2 is 2.07 bits per heavy atom. The van der Waals surface area contributed by atoms with Gasteiger partial charge < -0.3 is 10.4 Å². The summed E-state index contributed by atoms with van der Waals surface area (Å²) in [7, 11) is 0. The Bertz CT molecular complexity index is 175. The van der Waals surface area contributed by atoms with Gasteiger partial charge in [-0.3, -0.25) is 0 Å². The fourth-order valence-corrected chi connectivity index (χ4v) is 2.72. The first-order valence-electron chi connectivity index (χ1n) is 5.85. The van der Waals surface area contributed by atoms with E-state index in [1.54, 1.807) is 0 Å². The van der Waals surface area contributed by atoms with E-state index >= 15 is 0 Å².